The van der Waals surface area contributed by atoms with Crippen LogP contribution in [-0.2, 0) is 7.05 Å². The van der Waals surface area contributed by atoms with E-state index in [1.165, 1.54) is 12.3 Å². The molecule has 1 N–H and O–H groups in total. The molecule has 0 aliphatic heterocycles. The first-order chi connectivity index (χ1) is 8.08. The minimum absolute atomic E-state index is 0.196. The van der Waals surface area contributed by atoms with E-state index in [4.69, 9.17) is 9.84 Å². The third-order valence-electron chi connectivity index (χ3n) is 2.16. The van der Waals surface area contributed by atoms with Crippen molar-refractivity contribution in [3.05, 3.63) is 42.0 Å². The lowest BCUT2D eigenvalue weighted by Crippen LogP contribution is -2.01. The minimum atomic E-state index is -1.31. The number of aromatic carboxylic acids is 1. The maximum absolute atomic E-state index is 13.3. The summed E-state index contributed by atoms with van der Waals surface area (Å²) in [5.41, 5.74) is -0.391. The Hall–Kier alpha value is -2.37. The lowest BCUT2D eigenvalue weighted by atomic mass is 10.2. The highest BCUT2D eigenvalue weighted by atomic mass is 19.1. The van der Waals surface area contributed by atoms with Gasteiger partial charge in [0, 0.05) is 25.5 Å². The van der Waals surface area contributed by atoms with E-state index < -0.39 is 17.3 Å². The number of hydrogen-bond donors (Lipinski definition) is 1. The van der Waals surface area contributed by atoms with Gasteiger partial charge in [0.25, 0.3) is 0 Å². The van der Waals surface area contributed by atoms with Gasteiger partial charge in [0.1, 0.15) is 11.6 Å². The summed E-state index contributed by atoms with van der Waals surface area (Å²) in [5.74, 6) is -1.96. The zero-order valence-corrected chi connectivity index (χ0v) is 8.92. The molecular weight excluding hydrogens is 227 g/mol. The summed E-state index contributed by atoms with van der Waals surface area (Å²) in [6.45, 7) is 0. The summed E-state index contributed by atoms with van der Waals surface area (Å²) in [6, 6.07) is 3.84. The number of rotatable bonds is 3. The van der Waals surface area contributed by atoms with Gasteiger partial charge in [0.2, 0.25) is 0 Å². The molecule has 0 aliphatic carbocycles. The molecule has 88 valence electrons. The summed E-state index contributed by atoms with van der Waals surface area (Å²) in [6.07, 6.45) is 3.22. The lowest BCUT2D eigenvalue weighted by molar-refractivity contribution is 0.0692. The Kier molecular flexibility index (Phi) is 2.78. The Morgan fingerprint density at radius 2 is 2.29 bits per heavy atom. The summed E-state index contributed by atoms with van der Waals surface area (Å²) < 4.78 is 20.2. The molecule has 0 spiro atoms. The first kappa shape index (κ1) is 11.1. The Labute approximate surface area is 96.1 Å². The predicted molar refractivity (Wildman–Crippen MR) is 56.6 cm³/mol. The Balaban J connectivity index is 2.27. The van der Waals surface area contributed by atoms with Crippen LogP contribution in [0.1, 0.15) is 10.4 Å². The van der Waals surface area contributed by atoms with Gasteiger partial charge in [-0.1, -0.05) is 0 Å². The normalized spacial score (nSPS) is 10.2. The van der Waals surface area contributed by atoms with Gasteiger partial charge in [0.15, 0.2) is 0 Å². The van der Waals surface area contributed by atoms with E-state index in [0.717, 1.165) is 12.1 Å². The number of aromatic nitrogens is 2. The van der Waals surface area contributed by atoms with Crippen molar-refractivity contribution in [2.75, 3.05) is 0 Å². The number of imidazole rings is 1. The molecule has 1 aromatic heterocycles. The van der Waals surface area contributed by atoms with Crippen LogP contribution in [0.25, 0.3) is 0 Å². The van der Waals surface area contributed by atoms with Gasteiger partial charge >= 0.3 is 12.0 Å². The Morgan fingerprint density at radius 1 is 1.53 bits per heavy atom. The quantitative estimate of drug-likeness (QED) is 0.885. The zero-order valence-electron chi connectivity index (χ0n) is 8.92. The highest BCUT2D eigenvalue weighted by Crippen LogP contribution is 2.21. The molecule has 2 rings (SSSR count). The van der Waals surface area contributed by atoms with Gasteiger partial charge in [-0.2, -0.15) is 0 Å². The summed E-state index contributed by atoms with van der Waals surface area (Å²) in [5, 5.41) is 8.66. The molecule has 0 aliphatic rings. The molecular formula is C11H9FN2O3. The van der Waals surface area contributed by atoms with Crippen molar-refractivity contribution in [1.29, 1.82) is 0 Å². The predicted octanol–water partition coefficient (Wildman–Crippen LogP) is 2.05. The van der Waals surface area contributed by atoms with E-state index in [-0.39, 0.29) is 5.75 Å². The van der Waals surface area contributed by atoms with Gasteiger partial charge in [-0.15, -0.1) is 0 Å². The van der Waals surface area contributed by atoms with E-state index in [1.54, 1.807) is 17.8 Å². The number of benzene rings is 1. The first-order valence-electron chi connectivity index (χ1n) is 4.76. The fourth-order valence-electron chi connectivity index (χ4n) is 1.29. The molecule has 6 heteroatoms. The molecule has 0 saturated heterocycles. The number of halogens is 1. The number of carboxylic acid groups (broad SMARTS) is 1. The highest BCUT2D eigenvalue weighted by molar-refractivity contribution is 5.88. The van der Waals surface area contributed by atoms with Crippen LogP contribution in [0.15, 0.2) is 30.6 Å². The third kappa shape index (κ3) is 2.25. The molecule has 17 heavy (non-hydrogen) atoms. The van der Waals surface area contributed by atoms with Crippen LogP contribution in [0.4, 0.5) is 4.39 Å². The second-order valence-corrected chi connectivity index (χ2v) is 3.37. The second kappa shape index (κ2) is 4.25. The zero-order chi connectivity index (χ0) is 12.4. The Bertz CT molecular complexity index is 566. The van der Waals surface area contributed by atoms with Crippen LogP contribution < -0.4 is 4.74 Å². The van der Waals surface area contributed by atoms with Crippen LogP contribution in [0.3, 0.4) is 0 Å². The summed E-state index contributed by atoms with van der Waals surface area (Å²) >= 11 is 0. The van der Waals surface area contributed by atoms with Gasteiger partial charge in [-0.25, -0.2) is 14.2 Å². The number of aryl methyl sites for hydroxylation is 1. The maximum atomic E-state index is 13.3. The van der Waals surface area contributed by atoms with E-state index in [1.807, 2.05) is 0 Å². The van der Waals surface area contributed by atoms with Crippen LogP contribution in [-0.4, -0.2) is 20.6 Å². The van der Waals surface area contributed by atoms with Crippen LogP contribution in [0.5, 0.6) is 11.8 Å². The van der Waals surface area contributed by atoms with E-state index >= 15 is 0 Å². The fraction of sp³-hybridized carbons (Fsp3) is 0.0909. The second-order valence-electron chi connectivity index (χ2n) is 3.37. The number of carboxylic acids is 1. The van der Waals surface area contributed by atoms with Crippen molar-refractivity contribution in [2.24, 2.45) is 7.05 Å². The maximum Gasteiger partial charge on any atom is 0.338 e. The Morgan fingerprint density at radius 3 is 2.82 bits per heavy atom. The van der Waals surface area contributed by atoms with Gasteiger partial charge in [0.05, 0.1) is 5.56 Å². The van der Waals surface area contributed by atoms with Crippen molar-refractivity contribution in [1.82, 2.24) is 9.55 Å². The van der Waals surface area contributed by atoms with Crippen LogP contribution >= 0.6 is 0 Å². The van der Waals surface area contributed by atoms with Crippen LogP contribution in [0.2, 0.25) is 0 Å². The van der Waals surface area contributed by atoms with Gasteiger partial charge < -0.3 is 14.4 Å². The smallest absolute Gasteiger partial charge is 0.338 e. The van der Waals surface area contributed by atoms with E-state index in [2.05, 4.69) is 4.98 Å². The molecule has 0 amide bonds. The summed E-state index contributed by atoms with van der Waals surface area (Å²) in [7, 11) is 1.73. The third-order valence-corrected chi connectivity index (χ3v) is 2.16. The molecule has 1 heterocycles. The lowest BCUT2D eigenvalue weighted by Gasteiger charge is -2.05. The molecule has 0 atom stereocenters. The van der Waals surface area contributed by atoms with Gasteiger partial charge in [-0.05, 0) is 12.1 Å². The minimum Gasteiger partial charge on any atom is -0.478 e. The number of carbonyl (C=O) groups is 1. The molecule has 1 aromatic carbocycles. The number of hydrogen-bond acceptors (Lipinski definition) is 3. The SMILES string of the molecule is Cn1ccnc1Oc1ccc(C(=O)O)c(F)c1. The summed E-state index contributed by atoms with van der Waals surface area (Å²) in [4.78, 5) is 14.5. The topological polar surface area (TPSA) is 64.4 Å². The standard InChI is InChI=1S/C11H9FN2O3/c1-14-5-4-13-11(14)17-7-2-3-8(10(15)16)9(12)6-7/h2-6H,1H3,(H,15,16). The molecule has 5 nitrogen and oxygen atoms in total. The van der Waals surface area contributed by atoms with Gasteiger partial charge in [-0.3, -0.25) is 0 Å². The van der Waals surface area contributed by atoms with Crippen molar-refractivity contribution in [3.63, 3.8) is 0 Å². The molecule has 0 bridgehead atoms. The van der Waals surface area contributed by atoms with E-state index in [0.29, 0.717) is 6.01 Å². The number of ether oxygens (including phenoxy) is 1. The highest BCUT2D eigenvalue weighted by Gasteiger charge is 2.12. The molecule has 0 saturated carbocycles. The molecule has 2 aromatic rings. The number of nitrogens with zero attached hydrogens (tertiary/aromatic N) is 2. The monoisotopic (exact) mass is 236 g/mol. The molecule has 0 unspecified atom stereocenters. The average molecular weight is 236 g/mol. The van der Waals surface area contributed by atoms with Crippen molar-refractivity contribution in [3.8, 4) is 11.8 Å². The van der Waals surface area contributed by atoms with E-state index in [9.17, 15) is 9.18 Å². The first-order valence-corrected chi connectivity index (χ1v) is 4.76. The van der Waals surface area contributed by atoms with Crippen molar-refractivity contribution in [2.45, 2.75) is 0 Å². The molecule has 0 fully saturated rings. The largest absolute Gasteiger partial charge is 0.478 e. The van der Waals surface area contributed by atoms with Crippen molar-refractivity contribution < 1.29 is 19.0 Å². The van der Waals surface area contributed by atoms with Crippen LogP contribution in [0, 0.1) is 5.82 Å². The van der Waals surface area contributed by atoms with Crippen molar-refractivity contribution >= 4 is 5.97 Å². The fourth-order valence-corrected chi connectivity index (χ4v) is 1.29. The average Bonchev–Trinajstić information content (AvgIpc) is 2.64. The molecule has 0 radical (unpaired) electrons.